The van der Waals surface area contributed by atoms with Gasteiger partial charge in [-0.1, -0.05) is 32.0 Å². The minimum atomic E-state index is -0.352. The number of alkyl halides is 1. The van der Waals surface area contributed by atoms with E-state index in [-0.39, 0.29) is 11.4 Å². The molecule has 0 aliphatic rings. The Kier molecular flexibility index (Phi) is 4.61. The molecule has 106 valence electrons. The first-order chi connectivity index (χ1) is 9.65. The maximum absolute atomic E-state index is 12.5. The highest BCUT2D eigenvalue weighted by Gasteiger charge is 2.28. The van der Waals surface area contributed by atoms with Gasteiger partial charge in [-0.05, 0) is 25.0 Å². The van der Waals surface area contributed by atoms with Gasteiger partial charge in [0.15, 0.2) is 0 Å². The number of para-hydroxylation sites is 1. The zero-order chi connectivity index (χ0) is 14.6. The van der Waals surface area contributed by atoms with Gasteiger partial charge in [-0.3, -0.25) is 9.78 Å². The Morgan fingerprint density at radius 1 is 1.25 bits per heavy atom. The molecule has 0 fully saturated rings. The quantitative estimate of drug-likeness (QED) is 0.852. The Morgan fingerprint density at radius 3 is 2.60 bits per heavy atom. The van der Waals surface area contributed by atoms with Gasteiger partial charge in [-0.15, -0.1) is 11.6 Å². The van der Waals surface area contributed by atoms with Gasteiger partial charge >= 0.3 is 0 Å². The van der Waals surface area contributed by atoms with E-state index in [1.807, 2.05) is 38.1 Å². The number of amides is 1. The summed E-state index contributed by atoms with van der Waals surface area (Å²) in [5.74, 6) is 0.294. The third kappa shape index (κ3) is 2.78. The minimum absolute atomic E-state index is 0.112. The first kappa shape index (κ1) is 14.8. The van der Waals surface area contributed by atoms with Crippen LogP contribution in [-0.4, -0.2) is 22.3 Å². The molecule has 0 aliphatic heterocycles. The third-order valence-corrected chi connectivity index (χ3v) is 4.38. The van der Waals surface area contributed by atoms with E-state index in [0.29, 0.717) is 11.4 Å². The summed E-state index contributed by atoms with van der Waals surface area (Å²) in [6.45, 7) is 4.07. The summed E-state index contributed by atoms with van der Waals surface area (Å²) >= 11 is 6.04. The van der Waals surface area contributed by atoms with Crippen LogP contribution in [0.4, 0.5) is 0 Å². The minimum Gasteiger partial charge on any atom is -0.345 e. The highest BCUT2D eigenvalue weighted by Crippen LogP contribution is 2.20. The van der Waals surface area contributed by atoms with Crippen molar-refractivity contribution in [1.82, 2.24) is 10.3 Å². The van der Waals surface area contributed by atoms with Crippen molar-refractivity contribution < 1.29 is 4.79 Å². The molecule has 0 saturated carbocycles. The van der Waals surface area contributed by atoms with E-state index in [9.17, 15) is 4.79 Å². The molecule has 1 heterocycles. The van der Waals surface area contributed by atoms with Crippen molar-refractivity contribution in [3.8, 4) is 0 Å². The lowest BCUT2D eigenvalue weighted by atomic mass is 9.94. The molecule has 2 aromatic rings. The number of aromatic nitrogens is 1. The summed E-state index contributed by atoms with van der Waals surface area (Å²) < 4.78 is 0. The largest absolute Gasteiger partial charge is 0.345 e. The summed E-state index contributed by atoms with van der Waals surface area (Å²) in [7, 11) is 0. The van der Waals surface area contributed by atoms with E-state index in [1.54, 1.807) is 12.3 Å². The molecule has 20 heavy (non-hydrogen) atoms. The van der Waals surface area contributed by atoms with Gasteiger partial charge in [-0.25, -0.2) is 0 Å². The van der Waals surface area contributed by atoms with E-state index in [1.165, 1.54) is 0 Å². The Labute approximate surface area is 124 Å². The molecule has 0 bridgehead atoms. The van der Waals surface area contributed by atoms with Gasteiger partial charge in [0.25, 0.3) is 5.91 Å². The Bertz CT molecular complexity index is 595. The second-order valence-electron chi connectivity index (χ2n) is 4.96. The number of pyridine rings is 1. The summed E-state index contributed by atoms with van der Waals surface area (Å²) in [4.78, 5) is 16.9. The number of carbonyl (C=O) groups is 1. The number of rotatable bonds is 5. The Hall–Kier alpha value is -1.61. The molecule has 3 nitrogen and oxygen atoms in total. The maximum atomic E-state index is 12.5. The fourth-order valence-electron chi connectivity index (χ4n) is 2.24. The summed E-state index contributed by atoms with van der Waals surface area (Å²) in [5, 5.41) is 4.04. The molecule has 1 aromatic carbocycles. The fraction of sp³-hybridized carbons (Fsp3) is 0.375. The predicted molar refractivity (Wildman–Crippen MR) is 83.2 cm³/mol. The third-order valence-electron chi connectivity index (χ3n) is 3.87. The second kappa shape index (κ2) is 6.23. The number of nitrogens with zero attached hydrogens (tertiary/aromatic N) is 1. The predicted octanol–water partition coefficient (Wildman–Crippen LogP) is 3.76. The molecule has 0 saturated heterocycles. The van der Waals surface area contributed by atoms with Crippen molar-refractivity contribution >= 4 is 28.4 Å². The van der Waals surface area contributed by atoms with Crippen molar-refractivity contribution in [3.05, 3.63) is 42.1 Å². The highest BCUT2D eigenvalue weighted by molar-refractivity contribution is 6.19. The molecule has 0 atom stereocenters. The van der Waals surface area contributed by atoms with Crippen LogP contribution in [0.25, 0.3) is 10.9 Å². The fourth-order valence-corrected chi connectivity index (χ4v) is 2.69. The van der Waals surface area contributed by atoms with E-state index in [0.717, 1.165) is 23.7 Å². The van der Waals surface area contributed by atoms with Crippen LogP contribution in [0.15, 0.2) is 36.5 Å². The van der Waals surface area contributed by atoms with Crippen LogP contribution < -0.4 is 5.32 Å². The zero-order valence-corrected chi connectivity index (χ0v) is 12.6. The average Bonchev–Trinajstić information content (AvgIpc) is 2.52. The summed E-state index contributed by atoms with van der Waals surface area (Å²) in [6, 6.07) is 9.44. The van der Waals surface area contributed by atoms with Crippen LogP contribution in [-0.2, 0) is 0 Å². The standard InChI is InChI=1S/C16H19ClN2O/c1-3-16(4-2,11-17)19-15(20)13-9-5-7-12-8-6-10-18-14(12)13/h5-10H,3-4,11H2,1-2H3,(H,19,20). The molecule has 1 aromatic heterocycles. The molecule has 1 N–H and O–H groups in total. The monoisotopic (exact) mass is 290 g/mol. The molecule has 1 amide bonds. The first-order valence-corrected chi connectivity index (χ1v) is 7.41. The highest BCUT2D eigenvalue weighted by atomic mass is 35.5. The first-order valence-electron chi connectivity index (χ1n) is 6.88. The lowest BCUT2D eigenvalue weighted by molar-refractivity contribution is 0.0904. The summed E-state index contributed by atoms with van der Waals surface area (Å²) in [6.07, 6.45) is 3.31. The number of halogens is 1. The molecule has 0 spiro atoms. The molecule has 2 rings (SSSR count). The SMILES string of the molecule is CCC(CC)(CCl)NC(=O)c1cccc2cccnc12. The maximum Gasteiger partial charge on any atom is 0.253 e. The molecular weight excluding hydrogens is 272 g/mol. The van der Waals surface area contributed by atoms with E-state index < -0.39 is 0 Å². The van der Waals surface area contributed by atoms with Crippen LogP contribution in [0.2, 0.25) is 0 Å². The van der Waals surface area contributed by atoms with Gasteiger partial charge < -0.3 is 5.32 Å². The second-order valence-corrected chi connectivity index (χ2v) is 5.22. The number of nitrogens with one attached hydrogen (secondary N) is 1. The van der Waals surface area contributed by atoms with Crippen LogP contribution in [0.5, 0.6) is 0 Å². The summed E-state index contributed by atoms with van der Waals surface area (Å²) in [5.41, 5.74) is 0.970. The van der Waals surface area contributed by atoms with Crippen molar-refractivity contribution in [2.24, 2.45) is 0 Å². The molecule has 4 heteroatoms. The van der Waals surface area contributed by atoms with E-state index in [2.05, 4.69) is 10.3 Å². The lowest BCUT2D eigenvalue weighted by Crippen LogP contribution is -2.49. The smallest absolute Gasteiger partial charge is 0.253 e. The molecule has 0 aliphatic carbocycles. The van der Waals surface area contributed by atoms with Crippen molar-refractivity contribution in [2.75, 3.05) is 5.88 Å². The van der Waals surface area contributed by atoms with Crippen LogP contribution in [0.3, 0.4) is 0 Å². The molecule has 0 radical (unpaired) electrons. The normalized spacial score (nSPS) is 11.6. The van der Waals surface area contributed by atoms with E-state index >= 15 is 0 Å². The average molecular weight is 291 g/mol. The van der Waals surface area contributed by atoms with Gasteiger partial charge in [0.1, 0.15) is 0 Å². The van der Waals surface area contributed by atoms with Crippen molar-refractivity contribution in [1.29, 1.82) is 0 Å². The number of carbonyl (C=O) groups excluding carboxylic acids is 1. The Morgan fingerprint density at radius 2 is 1.95 bits per heavy atom. The van der Waals surface area contributed by atoms with Crippen LogP contribution >= 0.6 is 11.6 Å². The van der Waals surface area contributed by atoms with Gasteiger partial charge in [0, 0.05) is 17.5 Å². The topological polar surface area (TPSA) is 42.0 Å². The van der Waals surface area contributed by atoms with Gasteiger partial charge in [-0.2, -0.15) is 0 Å². The van der Waals surface area contributed by atoms with Gasteiger partial charge in [0.05, 0.1) is 16.6 Å². The Balaban J connectivity index is 2.37. The van der Waals surface area contributed by atoms with E-state index in [4.69, 9.17) is 11.6 Å². The van der Waals surface area contributed by atoms with Crippen LogP contribution in [0, 0.1) is 0 Å². The zero-order valence-electron chi connectivity index (χ0n) is 11.8. The number of hydrogen-bond donors (Lipinski definition) is 1. The number of fused-ring (bicyclic) bond motifs is 1. The molecular formula is C16H19ClN2O. The number of benzene rings is 1. The number of hydrogen-bond acceptors (Lipinski definition) is 2. The lowest BCUT2D eigenvalue weighted by Gasteiger charge is -2.30. The van der Waals surface area contributed by atoms with Crippen LogP contribution in [0.1, 0.15) is 37.0 Å². The van der Waals surface area contributed by atoms with Crippen molar-refractivity contribution in [2.45, 2.75) is 32.2 Å². The van der Waals surface area contributed by atoms with Crippen molar-refractivity contribution in [3.63, 3.8) is 0 Å². The van der Waals surface area contributed by atoms with Gasteiger partial charge in [0.2, 0.25) is 0 Å². The molecule has 0 unspecified atom stereocenters.